The van der Waals surface area contributed by atoms with Crippen molar-refractivity contribution in [3.05, 3.63) is 42.5 Å². The number of carbonyl (C=O) groups excluding carboxylic acids is 1. The third kappa shape index (κ3) is 6.05. The summed E-state index contributed by atoms with van der Waals surface area (Å²) in [6, 6.07) is 10.0. The van der Waals surface area contributed by atoms with Crippen molar-refractivity contribution in [2.24, 2.45) is 5.92 Å². The summed E-state index contributed by atoms with van der Waals surface area (Å²) >= 11 is 0. The number of hydrogen-bond acceptors (Lipinski definition) is 3. The third-order valence-electron chi connectivity index (χ3n) is 4.05. The Morgan fingerprint density at radius 3 is 2.58 bits per heavy atom. The van der Waals surface area contributed by atoms with E-state index in [1.54, 1.807) is 13.0 Å². The van der Waals surface area contributed by atoms with Crippen LogP contribution in [0.25, 0.3) is 0 Å². The Labute approximate surface area is 144 Å². The summed E-state index contributed by atoms with van der Waals surface area (Å²) in [6.07, 6.45) is 1.70. The quantitative estimate of drug-likeness (QED) is 0.671. The van der Waals surface area contributed by atoms with Crippen molar-refractivity contribution in [3.8, 4) is 11.8 Å². The Bertz CT molecular complexity index is 590. The Hall–Kier alpha value is -2.32. The topological polar surface area (TPSA) is 66.6 Å². The van der Waals surface area contributed by atoms with Gasteiger partial charge in [-0.3, -0.25) is 4.79 Å². The molecule has 130 valence electrons. The van der Waals surface area contributed by atoms with Gasteiger partial charge in [-0.05, 0) is 37.1 Å². The Morgan fingerprint density at radius 1 is 1.46 bits per heavy atom. The molecule has 0 aliphatic heterocycles. The second-order valence-electron chi connectivity index (χ2n) is 6.57. The first-order valence-electron chi connectivity index (χ1n) is 8.17. The molecule has 5 nitrogen and oxygen atoms in total. The zero-order chi connectivity index (χ0) is 18.2. The molecule has 0 saturated carbocycles. The van der Waals surface area contributed by atoms with E-state index >= 15 is 0 Å². The molecule has 1 amide bonds. The van der Waals surface area contributed by atoms with Gasteiger partial charge in [0.1, 0.15) is 24.4 Å². The minimum absolute atomic E-state index is 0.0508. The van der Waals surface area contributed by atoms with Gasteiger partial charge in [-0.25, -0.2) is 0 Å². The van der Waals surface area contributed by atoms with Crippen LogP contribution in [-0.4, -0.2) is 31.6 Å². The molecule has 1 aromatic carbocycles. The Morgan fingerprint density at radius 2 is 2.08 bits per heavy atom. The summed E-state index contributed by atoms with van der Waals surface area (Å²) in [4.78, 5) is 13.2. The number of nitriles is 1. The Balaban J connectivity index is 2.53. The fourth-order valence-corrected chi connectivity index (χ4v) is 2.18. The van der Waals surface area contributed by atoms with E-state index in [2.05, 4.69) is 18.0 Å². The van der Waals surface area contributed by atoms with Gasteiger partial charge in [-0.1, -0.05) is 26.5 Å². The van der Waals surface area contributed by atoms with Gasteiger partial charge in [0, 0.05) is 5.56 Å². The van der Waals surface area contributed by atoms with Gasteiger partial charge >= 0.3 is 0 Å². The monoisotopic (exact) mass is 330 g/mol. The maximum absolute atomic E-state index is 12.2. The second kappa shape index (κ2) is 9.09. The molecule has 5 heteroatoms. The van der Waals surface area contributed by atoms with Crippen LogP contribution < -0.4 is 15.0 Å². The summed E-state index contributed by atoms with van der Waals surface area (Å²) in [6.45, 7) is 10.8. The van der Waals surface area contributed by atoms with Crippen LogP contribution in [0.5, 0.6) is 5.75 Å². The van der Waals surface area contributed by atoms with Crippen LogP contribution in [0.15, 0.2) is 36.9 Å². The number of ether oxygens (including phenoxy) is 1. The second-order valence-corrected chi connectivity index (χ2v) is 6.57. The van der Waals surface area contributed by atoms with Crippen LogP contribution in [0.2, 0.25) is 0 Å². The molecule has 2 N–H and O–H groups in total. The fraction of sp³-hybridized carbons (Fsp3) is 0.474. The highest BCUT2D eigenvalue weighted by Crippen LogP contribution is 2.14. The Kier molecular flexibility index (Phi) is 7.47. The van der Waals surface area contributed by atoms with Crippen molar-refractivity contribution in [1.82, 2.24) is 5.32 Å². The first-order valence-corrected chi connectivity index (χ1v) is 8.17. The summed E-state index contributed by atoms with van der Waals surface area (Å²) in [5.74, 6) is 0.738. The third-order valence-corrected chi connectivity index (χ3v) is 4.05. The number of nitrogens with zero attached hydrogens (tertiary/aromatic N) is 1. The van der Waals surface area contributed by atoms with Crippen LogP contribution in [0.3, 0.4) is 0 Å². The van der Waals surface area contributed by atoms with E-state index in [0.717, 1.165) is 22.8 Å². The lowest BCUT2D eigenvalue weighted by Crippen LogP contribution is -3.09. The van der Waals surface area contributed by atoms with Gasteiger partial charge in [0.2, 0.25) is 0 Å². The van der Waals surface area contributed by atoms with E-state index in [9.17, 15) is 10.1 Å². The van der Waals surface area contributed by atoms with Crippen LogP contribution in [0, 0.1) is 17.2 Å². The lowest BCUT2D eigenvalue weighted by atomic mass is 9.90. The maximum Gasteiger partial charge on any atom is 0.276 e. The number of likely N-dealkylation sites (N-methyl/N-ethyl adjacent to an activating group) is 1. The van der Waals surface area contributed by atoms with Gasteiger partial charge in [0.25, 0.3) is 5.91 Å². The molecule has 1 rings (SSSR count). The molecule has 0 aromatic heterocycles. The number of quaternary nitrogens is 1. The van der Waals surface area contributed by atoms with Crippen molar-refractivity contribution in [3.63, 3.8) is 0 Å². The van der Waals surface area contributed by atoms with Gasteiger partial charge in [-0.15, -0.1) is 0 Å². The van der Waals surface area contributed by atoms with Gasteiger partial charge < -0.3 is 15.0 Å². The van der Waals surface area contributed by atoms with Crippen LogP contribution in [0.1, 0.15) is 26.3 Å². The normalized spacial score (nSPS) is 14.3. The van der Waals surface area contributed by atoms with Crippen LogP contribution >= 0.6 is 0 Å². The van der Waals surface area contributed by atoms with Gasteiger partial charge in [0.05, 0.1) is 13.1 Å². The van der Waals surface area contributed by atoms with Gasteiger partial charge in [-0.2, -0.15) is 5.26 Å². The highest BCUT2D eigenvalue weighted by molar-refractivity contribution is 5.78. The maximum atomic E-state index is 12.2. The minimum Gasteiger partial charge on any atom is -0.490 e. The molecular weight excluding hydrogens is 302 g/mol. The number of rotatable bonds is 9. The standard InChI is InChI=1S/C19H27N3O2/c1-6-11-24-17-9-7-16(8-10-17)12-22(5)13-18(23)21-19(4,14-20)15(2)3/h6-10,15H,1,11-13H2,2-5H3,(H,21,23)/p+1/t19-/m1/s1. The molecule has 0 heterocycles. The van der Waals surface area contributed by atoms with Crippen LogP contribution in [-0.2, 0) is 11.3 Å². The molecule has 0 fully saturated rings. The van der Waals surface area contributed by atoms with E-state index in [1.807, 2.05) is 45.2 Å². The van der Waals surface area contributed by atoms with E-state index in [1.165, 1.54) is 0 Å². The number of benzene rings is 1. The number of hydrogen-bond donors (Lipinski definition) is 2. The molecular formula is C19H28N3O2+. The van der Waals surface area contributed by atoms with Crippen molar-refractivity contribution in [2.75, 3.05) is 20.2 Å². The predicted octanol–water partition coefficient (Wildman–Crippen LogP) is 1.32. The summed E-state index contributed by atoms with van der Waals surface area (Å²) in [7, 11) is 1.96. The summed E-state index contributed by atoms with van der Waals surface area (Å²) in [5, 5.41) is 12.1. The van der Waals surface area contributed by atoms with Crippen molar-refractivity contribution in [2.45, 2.75) is 32.9 Å². The van der Waals surface area contributed by atoms with E-state index in [-0.39, 0.29) is 11.8 Å². The molecule has 1 unspecified atom stereocenters. The lowest BCUT2D eigenvalue weighted by molar-refractivity contribution is -0.885. The molecule has 0 bridgehead atoms. The van der Waals surface area contributed by atoms with Crippen molar-refractivity contribution < 1.29 is 14.4 Å². The predicted molar refractivity (Wildman–Crippen MR) is 94.6 cm³/mol. The summed E-state index contributed by atoms with van der Waals surface area (Å²) in [5.41, 5.74) is 0.291. The molecule has 24 heavy (non-hydrogen) atoms. The number of carbonyl (C=O) groups is 1. The zero-order valence-electron chi connectivity index (χ0n) is 15.1. The fourth-order valence-electron chi connectivity index (χ4n) is 2.18. The van der Waals surface area contributed by atoms with E-state index < -0.39 is 5.54 Å². The molecule has 0 aliphatic carbocycles. The molecule has 2 atom stereocenters. The SMILES string of the molecule is C=CCOc1ccc(C[NH+](C)CC(=O)N[C@](C)(C#N)C(C)C)cc1. The lowest BCUT2D eigenvalue weighted by Gasteiger charge is -2.27. The first kappa shape index (κ1) is 19.7. The smallest absolute Gasteiger partial charge is 0.276 e. The average molecular weight is 330 g/mol. The molecule has 1 aromatic rings. The zero-order valence-corrected chi connectivity index (χ0v) is 15.1. The van der Waals surface area contributed by atoms with Crippen molar-refractivity contribution in [1.29, 1.82) is 5.26 Å². The molecule has 0 aliphatic rings. The summed E-state index contributed by atoms with van der Waals surface area (Å²) < 4.78 is 5.45. The number of nitrogens with one attached hydrogen (secondary N) is 2. The average Bonchev–Trinajstić information content (AvgIpc) is 2.53. The highest BCUT2D eigenvalue weighted by atomic mass is 16.5. The molecule has 0 saturated heterocycles. The minimum atomic E-state index is -0.832. The number of amides is 1. The van der Waals surface area contributed by atoms with E-state index in [0.29, 0.717) is 13.2 Å². The van der Waals surface area contributed by atoms with Gasteiger partial charge in [0.15, 0.2) is 6.54 Å². The molecule has 0 radical (unpaired) electrons. The molecule has 0 spiro atoms. The van der Waals surface area contributed by atoms with Crippen LogP contribution in [0.4, 0.5) is 0 Å². The highest BCUT2D eigenvalue weighted by Gasteiger charge is 2.30. The largest absolute Gasteiger partial charge is 0.490 e. The van der Waals surface area contributed by atoms with Crippen molar-refractivity contribution >= 4 is 5.91 Å². The first-order chi connectivity index (χ1) is 11.3. The van der Waals surface area contributed by atoms with E-state index in [4.69, 9.17) is 4.74 Å².